The molecule has 0 saturated heterocycles. The average Bonchev–Trinajstić information content (AvgIpc) is 2.37. The van der Waals surface area contributed by atoms with Crippen molar-refractivity contribution in [3.63, 3.8) is 0 Å². The second kappa shape index (κ2) is 7.22. The number of carboxylic acid groups (broad SMARTS) is 2. The highest BCUT2D eigenvalue weighted by molar-refractivity contribution is 5.87. The van der Waals surface area contributed by atoms with E-state index in [1.165, 1.54) is 19.2 Å². The van der Waals surface area contributed by atoms with E-state index in [-0.39, 0.29) is 12.2 Å². The van der Waals surface area contributed by atoms with Gasteiger partial charge < -0.3 is 20.3 Å². The van der Waals surface area contributed by atoms with E-state index < -0.39 is 36.1 Å². The number of hydrogen-bond acceptors (Lipinski definition) is 4. The summed E-state index contributed by atoms with van der Waals surface area (Å²) in [6, 6.07) is 2.35. The molecule has 0 aliphatic rings. The van der Waals surface area contributed by atoms with Gasteiger partial charge in [-0.1, -0.05) is 6.07 Å². The molecule has 0 saturated carbocycles. The number of carbonyl (C=O) groups is 3. The summed E-state index contributed by atoms with van der Waals surface area (Å²) in [6.07, 6.45) is -1.01. The normalized spacial score (nSPS) is 11.5. The maximum Gasteiger partial charge on any atom is 0.326 e. The molecule has 0 bridgehead atoms. The minimum Gasteiger partial charge on any atom is -0.494 e. The van der Waals surface area contributed by atoms with Crippen molar-refractivity contribution >= 4 is 17.8 Å². The van der Waals surface area contributed by atoms with Gasteiger partial charge in [-0.2, -0.15) is 0 Å². The third kappa shape index (κ3) is 5.09. The summed E-state index contributed by atoms with van der Waals surface area (Å²) in [5, 5.41) is 19.4. The van der Waals surface area contributed by atoms with Crippen LogP contribution in [0, 0.1) is 5.82 Å². The number of carboxylic acids is 2. The zero-order chi connectivity index (χ0) is 16.0. The van der Waals surface area contributed by atoms with E-state index in [1.54, 1.807) is 0 Å². The summed E-state index contributed by atoms with van der Waals surface area (Å²) in [4.78, 5) is 33.0. The third-order valence-electron chi connectivity index (χ3n) is 2.59. The van der Waals surface area contributed by atoms with Crippen LogP contribution in [-0.4, -0.2) is 41.2 Å². The molecule has 1 unspecified atom stereocenters. The number of amides is 1. The number of nitrogens with one attached hydrogen (secondary N) is 1. The first-order valence-electron chi connectivity index (χ1n) is 5.90. The summed E-state index contributed by atoms with van der Waals surface area (Å²) < 4.78 is 18.2. The van der Waals surface area contributed by atoms with E-state index in [0.29, 0.717) is 5.56 Å². The zero-order valence-electron chi connectivity index (χ0n) is 11.1. The van der Waals surface area contributed by atoms with Gasteiger partial charge in [0.1, 0.15) is 6.04 Å². The number of ether oxygens (including phenoxy) is 1. The summed E-state index contributed by atoms with van der Waals surface area (Å²) in [6.45, 7) is 0. The molecule has 1 aromatic carbocycles. The average molecular weight is 299 g/mol. The number of aliphatic carboxylic acids is 2. The molecule has 1 aromatic rings. The summed E-state index contributed by atoms with van der Waals surface area (Å²) in [7, 11) is 1.30. The molecular formula is C13H14FNO6. The smallest absolute Gasteiger partial charge is 0.326 e. The molecule has 1 amide bonds. The Morgan fingerprint density at radius 2 is 2.00 bits per heavy atom. The van der Waals surface area contributed by atoms with Crippen molar-refractivity contribution in [3.8, 4) is 5.75 Å². The van der Waals surface area contributed by atoms with Crippen molar-refractivity contribution in [2.24, 2.45) is 0 Å². The highest BCUT2D eigenvalue weighted by Gasteiger charge is 2.23. The van der Waals surface area contributed by atoms with Gasteiger partial charge in [0.05, 0.1) is 20.0 Å². The number of benzene rings is 1. The number of methoxy groups -OCH3 is 1. The first-order chi connectivity index (χ1) is 9.83. The van der Waals surface area contributed by atoms with Gasteiger partial charge in [0, 0.05) is 0 Å². The summed E-state index contributed by atoms with van der Waals surface area (Å²) >= 11 is 0. The molecule has 0 aromatic heterocycles. The van der Waals surface area contributed by atoms with Crippen LogP contribution in [0.3, 0.4) is 0 Å². The Morgan fingerprint density at radius 3 is 2.48 bits per heavy atom. The molecule has 0 aliphatic carbocycles. The van der Waals surface area contributed by atoms with Gasteiger partial charge in [-0.3, -0.25) is 9.59 Å². The second-order valence-corrected chi connectivity index (χ2v) is 4.20. The minimum absolute atomic E-state index is 0.0217. The van der Waals surface area contributed by atoms with Crippen LogP contribution in [0.1, 0.15) is 12.0 Å². The Morgan fingerprint density at radius 1 is 1.33 bits per heavy atom. The van der Waals surface area contributed by atoms with E-state index in [4.69, 9.17) is 14.9 Å². The molecular weight excluding hydrogens is 285 g/mol. The van der Waals surface area contributed by atoms with E-state index in [9.17, 15) is 18.8 Å². The fourth-order valence-corrected chi connectivity index (χ4v) is 1.63. The highest BCUT2D eigenvalue weighted by atomic mass is 19.1. The maximum absolute atomic E-state index is 13.4. The predicted octanol–water partition coefficient (Wildman–Crippen LogP) is 0.421. The van der Waals surface area contributed by atoms with Gasteiger partial charge in [0.15, 0.2) is 11.6 Å². The van der Waals surface area contributed by atoms with Crippen molar-refractivity contribution in [3.05, 3.63) is 29.6 Å². The number of carbonyl (C=O) groups excluding carboxylic acids is 1. The van der Waals surface area contributed by atoms with Crippen molar-refractivity contribution in [1.29, 1.82) is 0 Å². The first-order valence-corrected chi connectivity index (χ1v) is 5.90. The number of halogens is 1. The van der Waals surface area contributed by atoms with Gasteiger partial charge in [-0.25, -0.2) is 9.18 Å². The van der Waals surface area contributed by atoms with E-state index in [0.717, 1.165) is 6.07 Å². The Kier molecular flexibility index (Phi) is 5.65. The highest BCUT2D eigenvalue weighted by Crippen LogP contribution is 2.17. The van der Waals surface area contributed by atoms with Crippen LogP contribution in [0.4, 0.5) is 4.39 Å². The fourth-order valence-electron chi connectivity index (χ4n) is 1.63. The first kappa shape index (κ1) is 16.4. The largest absolute Gasteiger partial charge is 0.494 e. The van der Waals surface area contributed by atoms with Crippen molar-refractivity contribution in [2.45, 2.75) is 18.9 Å². The lowest BCUT2D eigenvalue weighted by Crippen LogP contribution is -2.42. The number of rotatable bonds is 7. The minimum atomic E-state index is -1.53. The van der Waals surface area contributed by atoms with Crippen LogP contribution in [0.2, 0.25) is 0 Å². The quantitative estimate of drug-likeness (QED) is 0.672. The van der Waals surface area contributed by atoms with Crippen molar-refractivity contribution < 1.29 is 33.7 Å². The van der Waals surface area contributed by atoms with Crippen LogP contribution >= 0.6 is 0 Å². The molecule has 0 fully saturated rings. The molecule has 7 nitrogen and oxygen atoms in total. The zero-order valence-corrected chi connectivity index (χ0v) is 11.1. The molecule has 3 N–H and O–H groups in total. The lowest BCUT2D eigenvalue weighted by atomic mass is 10.1. The number of hydrogen-bond donors (Lipinski definition) is 3. The molecule has 0 spiro atoms. The van der Waals surface area contributed by atoms with Gasteiger partial charge in [0.2, 0.25) is 5.91 Å². The molecule has 0 aliphatic heterocycles. The monoisotopic (exact) mass is 299 g/mol. The van der Waals surface area contributed by atoms with Gasteiger partial charge in [-0.15, -0.1) is 0 Å². The molecule has 1 rings (SSSR count). The third-order valence-corrected chi connectivity index (χ3v) is 2.59. The molecule has 8 heteroatoms. The Hall–Kier alpha value is -2.64. The predicted molar refractivity (Wildman–Crippen MR) is 68.5 cm³/mol. The van der Waals surface area contributed by atoms with Gasteiger partial charge in [-0.05, 0) is 17.7 Å². The lowest BCUT2D eigenvalue weighted by Gasteiger charge is -2.12. The van der Waals surface area contributed by atoms with Crippen LogP contribution in [0.5, 0.6) is 5.75 Å². The Labute approximate surface area is 119 Å². The fraction of sp³-hybridized carbons (Fsp3) is 0.308. The topological polar surface area (TPSA) is 113 Å². The van der Waals surface area contributed by atoms with Crippen molar-refractivity contribution in [1.82, 2.24) is 5.32 Å². The van der Waals surface area contributed by atoms with Crippen LogP contribution in [0.25, 0.3) is 0 Å². The Bertz CT molecular complexity index is 560. The van der Waals surface area contributed by atoms with E-state index in [2.05, 4.69) is 5.32 Å². The second-order valence-electron chi connectivity index (χ2n) is 4.20. The molecule has 114 valence electrons. The Balaban J connectivity index is 2.69. The SMILES string of the molecule is COc1ccc(CC(=O)NC(CC(=O)O)C(=O)O)cc1F. The lowest BCUT2D eigenvalue weighted by molar-refractivity contribution is -0.147. The van der Waals surface area contributed by atoms with Crippen LogP contribution < -0.4 is 10.1 Å². The van der Waals surface area contributed by atoms with E-state index in [1.807, 2.05) is 0 Å². The molecule has 0 radical (unpaired) electrons. The molecule has 0 heterocycles. The summed E-state index contributed by atoms with van der Waals surface area (Å²) in [5.41, 5.74) is 0.310. The molecule has 1 atom stereocenters. The maximum atomic E-state index is 13.4. The molecule has 21 heavy (non-hydrogen) atoms. The van der Waals surface area contributed by atoms with Crippen molar-refractivity contribution in [2.75, 3.05) is 7.11 Å². The summed E-state index contributed by atoms with van der Waals surface area (Å²) in [5.74, 6) is -4.14. The standard InChI is InChI=1S/C13H14FNO6/c1-21-10-3-2-7(4-8(10)14)5-11(16)15-9(13(19)20)6-12(17)18/h2-4,9H,5-6H2,1H3,(H,15,16)(H,17,18)(H,19,20). The van der Waals surface area contributed by atoms with Gasteiger partial charge in [0.25, 0.3) is 0 Å². The van der Waals surface area contributed by atoms with Crippen LogP contribution in [0.15, 0.2) is 18.2 Å². The van der Waals surface area contributed by atoms with Gasteiger partial charge >= 0.3 is 11.9 Å². The van der Waals surface area contributed by atoms with E-state index >= 15 is 0 Å². The van der Waals surface area contributed by atoms with Crippen LogP contribution in [-0.2, 0) is 20.8 Å².